The summed E-state index contributed by atoms with van der Waals surface area (Å²) in [5.74, 6) is 0.840. The number of fused-ring (bicyclic) bond motifs is 1. The zero-order valence-corrected chi connectivity index (χ0v) is 15.1. The second-order valence-corrected chi connectivity index (χ2v) is 7.15. The van der Waals surface area contributed by atoms with Gasteiger partial charge in [0, 0.05) is 43.8 Å². The van der Waals surface area contributed by atoms with Crippen LogP contribution in [0.2, 0.25) is 0 Å². The molecule has 134 valence electrons. The summed E-state index contributed by atoms with van der Waals surface area (Å²) in [6.45, 7) is 4.62. The fraction of sp³-hybridized carbons (Fsp3) is 0.381. The second kappa shape index (κ2) is 7.28. The number of likely N-dealkylation sites (tertiary alicyclic amines) is 1. The summed E-state index contributed by atoms with van der Waals surface area (Å²) in [7, 11) is 0. The summed E-state index contributed by atoms with van der Waals surface area (Å²) in [6.07, 6.45) is 6.42. The van der Waals surface area contributed by atoms with E-state index in [4.69, 9.17) is 0 Å². The zero-order valence-electron chi connectivity index (χ0n) is 15.1. The summed E-state index contributed by atoms with van der Waals surface area (Å²) in [5, 5.41) is 1.08. The highest BCUT2D eigenvalue weighted by Gasteiger charge is 2.21. The van der Waals surface area contributed by atoms with Crippen LogP contribution in [0.15, 0.2) is 48.8 Å². The first-order chi connectivity index (χ1) is 12.7. The van der Waals surface area contributed by atoms with Crippen LogP contribution in [0.3, 0.4) is 0 Å². The third-order valence-corrected chi connectivity index (χ3v) is 5.14. The van der Waals surface area contributed by atoms with Crippen LogP contribution in [-0.4, -0.2) is 38.4 Å². The van der Waals surface area contributed by atoms with Crippen molar-refractivity contribution in [2.45, 2.75) is 32.7 Å². The minimum atomic E-state index is 0.237. The van der Waals surface area contributed by atoms with Crippen LogP contribution in [-0.2, 0) is 11.3 Å². The molecule has 3 aromatic heterocycles. The van der Waals surface area contributed by atoms with Gasteiger partial charge in [-0.15, -0.1) is 0 Å². The van der Waals surface area contributed by atoms with E-state index in [1.807, 2.05) is 29.2 Å². The lowest BCUT2D eigenvalue weighted by Crippen LogP contribution is -2.39. The van der Waals surface area contributed by atoms with Crippen molar-refractivity contribution in [1.29, 1.82) is 0 Å². The fourth-order valence-electron chi connectivity index (χ4n) is 3.82. The van der Waals surface area contributed by atoms with Crippen molar-refractivity contribution in [3.8, 4) is 11.4 Å². The van der Waals surface area contributed by atoms with E-state index < -0.39 is 0 Å². The number of aryl methyl sites for hydroxylation is 1. The van der Waals surface area contributed by atoms with Crippen molar-refractivity contribution >= 4 is 16.9 Å². The number of hydrogen-bond donors (Lipinski definition) is 0. The van der Waals surface area contributed by atoms with E-state index >= 15 is 0 Å². The smallest absolute Gasteiger partial charge is 0.224 e. The van der Waals surface area contributed by atoms with E-state index in [1.54, 1.807) is 12.4 Å². The van der Waals surface area contributed by atoms with Gasteiger partial charge in [0.15, 0.2) is 0 Å². The summed E-state index contributed by atoms with van der Waals surface area (Å²) in [4.78, 5) is 23.7. The molecule has 0 saturated carbocycles. The normalized spacial score (nSPS) is 17.6. The molecule has 0 spiro atoms. The van der Waals surface area contributed by atoms with Gasteiger partial charge in [-0.2, -0.15) is 0 Å². The third-order valence-electron chi connectivity index (χ3n) is 5.14. The third kappa shape index (κ3) is 3.34. The monoisotopic (exact) mass is 348 g/mol. The van der Waals surface area contributed by atoms with Gasteiger partial charge >= 0.3 is 0 Å². The van der Waals surface area contributed by atoms with E-state index in [-0.39, 0.29) is 5.91 Å². The van der Waals surface area contributed by atoms with Crippen molar-refractivity contribution in [3.05, 3.63) is 48.8 Å². The van der Waals surface area contributed by atoms with E-state index in [0.717, 1.165) is 41.9 Å². The number of piperidine rings is 1. The first-order valence-electron chi connectivity index (χ1n) is 9.36. The molecule has 1 unspecified atom stereocenters. The number of carbonyl (C=O) groups excluding carboxylic acids is 1. The highest BCUT2D eigenvalue weighted by molar-refractivity contribution is 5.84. The minimum absolute atomic E-state index is 0.237. The molecule has 1 saturated heterocycles. The van der Waals surface area contributed by atoms with Gasteiger partial charge in [0.25, 0.3) is 0 Å². The van der Waals surface area contributed by atoms with Crippen LogP contribution in [0.4, 0.5) is 0 Å². The largest absolute Gasteiger partial charge is 0.342 e. The van der Waals surface area contributed by atoms with Crippen molar-refractivity contribution in [2.75, 3.05) is 13.1 Å². The summed E-state index contributed by atoms with van der Waals surface area (Å²) < 4.78 is 2.13. The maximum absolute atomic E-state index is 12.7. The molecular formula is C21H24N4O. The molecule has 3 aromatic rings. The van der Waals surface area contributed by atoms with Crippen LogP contribution in [0, 0.1) is 5.92 Å². The van der Waals surface area contributed by atoms with Gasteiger partial charge in [-0.25, -0.2) is 4.98 Å². The van der Waals surface area contributed by atoms with Gasteiger partial charge in [0.2, 0.25) is 5.91 Å². The lowest BCUT2D eigenvalue weighted by molar-refractivity contribution is -0.133. The van der Waals surface area contributed by atoms with Crippen LogP contribution in [0.1, 0.15) is 26.2 Å². The molecule has 1 aliphatic rings. The molecule has 0 radical (unpaired) electrons. The second-order valence-electron chi connectivity index (χ2n) is 7.15. The van der Waals surface area contributed by atoms with Gasteiger partial charge in [-0.3, -0.25) is 9.78 Å². The van der Waals surface area contributed by atoms with Crippen LogP contribution in [0.25, 0.3) is 22.4 Å². The number of carbonyl (C=O) groups is 1. The quantitative estimate of drug-likeness (QED) is 0.721. The molecule has 0 N–H and O–H groups in total. The fourth-order valence-corrected chi connectivity index (χ4v) is 3.82. The molecule has 4 rings (SSSR count). The van der Waals surface area contributed by atoms with Crippen LogP contribution in [0.5, 0.6) is 0 Å². The average molecular weight is 348 g/mol. The van der Waals surface area contributed by atoms with Crippen LogP contribution < -0.4 is 0 Å². The van der Waals surface area contributed by atoms with Crippen molar-refractivity contribution in [2.24, 2.45) is 5.92 Å². The lowest BCUT2D eigenvalue weighted by atomic mass is 10.00. The summed E-state index contributed by atoms with van der Waals surface area (Å²) in [5.41, 5.74) is 2.83. The topological polar surface area (TPSA) is 51.0 Å². The highest BCUT2D eigenvalue weighted by atomic mass is 16.2. The lowest BCUT2D eigenvalue weighted by Gasteiger charge is -2.31. The molecule has 1 aliphatic heterocycles. The Morgan fingerprint density at radius 1 is 1.19 bits per heavy atom. The molecule has 5 nitrogen and oxygen atoms in total. The predicted octanol–water partition coefficient (Wildman–Crippen LogP) is 3.75. The van der Waals surface area contributed by atoms with Gasteiger partial charge in [0.05, 0.1) is 11.4 Å². The molecule has 0 aromatic carbocycles. The van der Waals surface area contributed by atoms with Gasteiger partial charge in [-0.05, 0) is 49.1 Å². The number of nitrogens with zero attached hydrogens (tertiary/aromatic N) is 4. The van der Waals surface area contributed by atoms with E-state index in [0.29, 0.717) is 18.9 Å². The van der Waals surface area contributed by atoms with Crippen LogP contribution >= 0.6 is 0 Å². The molecule has 0 aliphatic carbocycles. The van der Waals surface area contributed by atoms with Crippen molar-refractivity contribution in [3.63, 3.8) is 0 Å². The van der Waals surface area contributed by atoms with Gasteiger partial charge in [0.1, 0.15) is 5.65 Å². The Balaban J connectivity index is 1.60. The number of aromatic nitrogens is 3. The minimum Gasteiger partial charge on any atom is -0.342 e. The average Bonchev–Trinajstić information content (AvgIpc) is 3.05. The zero-order chi connectivity index (χ0) is 17.9. The summed E-state index contributed by atoms with van der Waals surface area (Å²) >= 11 is 0. The first kappa shape index (κ1) is 16.8. The highest BCUT2D eigenvalue weighted by Crippen LogP contribution is 2.26. The Hall–Kier alpha value is -2.69. The Kier molecular flexibility index (Phi) is 4.69. The first-order valence-corrected chi connectivity index (χ1v) is 9.36. The molecule has 1 atom stereocenters. The summed E-state index contributed by atoms with van der Waals surface area (Å²) in [6, 6.07) is 12.0. The van der Waals surface area contributed by atoms with E-state index in [9.17, 15) is 4.79 Å². The molecule has 5 heteroatoms. The maximum atomic E-state index is 12.7. The Morgan fingerprint density at radius 2 is 2.08 bits per heavy atom. The molecular weight excluding hydrogens is 324 g/mol. The predicted molar refractivity (Wildman–Crippen MR) is 103 cm³/mol. The molecule has 1 fully saturated rings. The van der Waals surface area contributed by atoms with Crippen molar-refractivity contribution in [1.82, 2.24) is 19.4 Å². The molecule has 0 bridgehead atoms. The molecule has 26 heavy (non-hydrogen) atoms. The number of hydrogen-bond acceptors (Lipinski definition) is 3. The van der Waals surface area contributed by atoms with Crippen molar-refractivity contribution < 1.29 is 4.79 Å². The van der Waals surface area contributed by atoms with Gasteiger partial charge in [-0.1, -0.05) is 13.0 Å². The Bertz CT molecular complexity index is 903. The molecule has 4 heterocycles. The maximum Gasteiger partial charge on any atom is 0.224 e. The van der Waals surface area contributed by atoms with E-state index in [2.05, 4.69) is 33.6 Å². The standard InChI is InChI=1S/C21H24N4O/c1-16-6-5-12-24(15-16)20(26)9-13-25-19(18-8-2-3-10-22-18)14-17-7-4-11-23-21(17)25/h2-4,7-8,10-11,14,16H,5-6,9,12-13,15H2,1H3. The molecule has 1 amide bonds. The van der Waals surface area contributed by atoms with E-state index in [1.165, 1.54) is 6.42 Å². The SMILES string of the molecule is CC1CCCN(C(=O)CCn2c(-c3ccccn3)cc3cccnc32)C1. The number of rotatable bonds is 4. The number of amides is 1. The Morgan fingerprint density at radius 3 is 2.88 bits per heavy atom. The number of pyridine rings is 2. The van der Waals surface area contributed by atoms with Gasteiger partial charge < -0.3 is 9.47 Å². The Labute approximate surface area is 153 Å².